The molecule has 7 nitrogen and oxygen atoms in total. The van der Waals surface area contributed by atoms with Gasteiger partial charge in [-0.15, -0.1) is 0 Å². The van der Waals surface area contributed by atoms with Gasteiger partial charge >= 0.3 is 0 Å². The Bertz CT molecular complexity index is 1420. The zero-order valence-corrected chi connectivity index (χ0v) is 16.2. The average molecular weight is 426 g/mol. The third-order valence-corrected chi connectivity index (χ3v) is 4.78. The summed E-state index contributed by atoms with van der Waals surface area (Å²) < 4.78 is 53.0. The minimum atomic E-state index is -2.57. The first kappa shape index (κ1) is 16.9. The number of rotatable bonds is 4. The molecule has 2 heterocycles. The van der Waals surface area contributed by atoms with Crippen LogP contribution in [0.15, 0.2) is 48.7 Å². The van der Waals surface area contributed by atoms with Gasteiger partial charge in [0, 0.05) is 21.6 Å². The number of nitrogens with two attached hydrogens (primary N) is 1. The van der Waals surface area contributed by atoms with Gasteiger partial charge in [0.25, 0.3) is 5.91 Å². The lowest BCUT2D eigenvalue weighted by atomic mass is 10.1. The molecule has 0 fully saturated rings. The summed E-state index contributed by atoms with van der Waals surface area (Å²) in [5.74, 6) is -2.70. The highest BCUT2D eigenvalue weighted by atomic mass is 19.1. The van der Waals surface area contributed by atoms with E-state index in [2.05, 4.69) is 15.3 Å². The van der Waals surface area contributed by atoms with Gasteiger partial charge in [0.2, 0.25) is 0 Å². The highest BCUT2D eigenvalue weighted by Gasteiger charge is 2.21. The second kappa shape index (κ2) is 7.77. The number of anilines is 2. The number of carbonyl (C=O) groups excluding carboxylic acids is 1. The molecule has 9 heteroatoms. The largest absolute Gasteiger partial charge is 0.382 e. The maximum Gasteiger partial charge on any atom is 0.257 e. The number of nitrogen functional groups attached to an aromatic ring is 1. The fraction of sp³-hybridized carbons (Fsp3) is 0.136. The van der Waals surface area contributed by atoms with E-state index < -0.39 is 30.5 Å². The van der Waals surface area contributed by atoms with Crippen molar-refractivity contribution in [3.63, 3.8) is 0 Å². The van der Waals surface area contributed by atoms with Crippen LogP contribution in [0.2, 0.25) is 0 Å². The Morgan fingerprint density at radius 3 is 2.81 bits per heavy atom. The van der Waals surface area contributed by atoms with E-state index in [-0.39, 0.29) is 39.7 Å². The van der Waals surface area contributed by atoms with E-state index in [4.69, 9.17) is 9.85 Å². The normalized spacial score (nSPS) is 14.0. The maximum absolute atomic E-state index is 14.9. The summed E-state index contributed by atoms with van der Waals surface area (Å²) in [4.78, 5) is 20.6. The molecule has 4 aromatic rings. The number of aromatic nitrogens is 3. The van der Waals surface area contributed by atoms with Crippen molar-refractivity contribution < 1.29 is 22.8 Å². The first-order valence-corrected chi connectivity index (χ1v) is 9.15. The lowest BCUT2D eigenvalue weighted by molar-refractivity contribution is -0.124. The molecule has 0 saturated carbocycles. The van der Waals surface area contributed by atoms with Crippen LogP contribution in [-0.2, 0) is 4.79 Å². The number of fused-ring (bicyclic) bond motifs is 1. The van der Waals surface area contributed by atoms with Crippen LogP contribution in [0.1, 0.15) is 27.3 Å². The zero-order chi connectivity index (χ0) is 24.8. The van der Waals surface area contributed by atoms with Crippen molar-refractivity contribution >= 4 is 22.9 Å². The maximum atomic E-state index is 14.9. The van der Waals surface area contributed by atoms with Crippen LogP contribution in [-0.4, -0.2) is 25.4 Å². The first-order valence-electron chi connectivity index (χ1n) is 10.7. The number of carbonyl (C=O) groups is 1. The van der Waals surface area contributed by atoms with Crippen molar-refractivity contribution in [2.45, 2.75) is 19.9 Å². The minimum absolute atomic E-state index is 0.00884. The molecule has 2 aromatic carbocycles. The number of nitrogens with one attached hydrogen (secondary N) is 1. The Balaban J connectivity index is 1.70. The Labute approximate surface area is 180 Å². The van der Waals surface area contributed by atoms with Gasteiger partial charge in [-0.25, -0.2) is 18.7 Å². The van der Waals surface area contributed by atoms with Crippen LogP contribution in [0.3, 0.4) is 0 Å². The van der Waals surface area contributed by atoms with Gasteiger partial charge in [-0.3, -0.25) is 9.20 Å². The second-order valence-electron chi connectivity index (χ2n) is 6.89. The number of halogens is 2. The van der Waals surface area contributed by atoms with Gasteiger partial charge in [0.05, 0.1) is 5.69 Å². The molecular formula is C22H19F2N5O2. The van der Waals surface area contributed by atoms with Crippen molar-refractivity contribution in [3.8, 4) is 11.3 Å². The number of aliphatic hydroxyl groups is 1. The summed E-state index contributed by atoms with van der Waals surface area (Å²) >= 11 is 0. The molecule has 0 saturated heterocycles. The second-order valence-corrected chi connectivity index (χ2v) is 6.89. The van der Waals surface area contributed by atoms with Gasteiger partial charge in [-0.1, -0.05) is 18.2 Å². The van der Waals surface area contributed by atoms with Crippen LogP contribution in [0.25, 0.3) is 16.8 Å². The number of amides is 1. The zero-order valence-electron chi connectivity index (χ0n) is 19.2. The number of nitrogens with zero attached hydrogens (tertiary/aromatic N) is 3. The highest BCUT2D eigenvalue weighted by molar-refractivity contribution is 5.95. The molecule has 0 radical (unpaired) electrons. The van der Waals surface area contributed by atoms with E-state index >= 15 is 0 Å². The van der Waals surface area contributed by atoms with E-state index in [1.54, 1.807) is 6.92 Å². The molecule has 0 unspecified atom stereocenters. The lowest BCUT2D eigenvalue weighted by Gasteiger charge is -2.13. The van der Waals surface area contributed by atoms with Crippen LogP contribution >= 0.6 is 0 Å². The molecular weight excluding hydrogens is 404 g/mol. The van der Waals surface area contributed by atoms with Crippen molar-refractivity contribution in [2.24, 2.45) is 0 Å². The Morgan fingerprint density at radius 1 is 1.29 bits per heavy atom. The van der Waals surface area contributed by atoms with Gasteiger partial charge in [-0.2, -0.15) is 0 Å². The Hall–Kier alpha value is -3.85. The first-order chi connectivity index (χ1) is 16.0. The summed E-state index contributed by atoms with van der Waals surface area (Å²) in [5, 5.41) is 12.4. The lowest BCUT2D eigenvalue weighted by Crippen LogP contribution is -2.21. The number of aliphatic hydroxyl groups excluding tert-OH is 1. The molecule has 31 heavy (non-hydrogen) atoms. The van der Waals surface area contributed by atoms with E-state index in [1.165, 1.54) is 34.9 Å². The molecule has 1 atom stereocenters. The van der Waals surface area contributed by atoms with E-state index in [9.17, 15) is 18.7 Å². The van der Waals surface area contributed by atoms with Crippen molar-refractivity contribution in [1.29, 1.82) is 0 Å². The molecule has 4 N–H and O–H groups in total. The molecule has 0 aliphatic rings. The smallest absolute Gasteiger partial charge is 0.257 e. The molecule has 0 spiro atoms. The quantitative estimate of drug-likeness (QED) is 0.463. The predicted octanol–water partition coefficient (Wildman–Crippen LogP) is 3.55. The summed E-state index contributed by atoms with van der Waals surface area (Å²) in [5.41, 5.74) is 6.75. The number of hydrogen-bond acceptors (Lipinski definition) is 5. The fourth-order valence-electron chi connectivity index (χ4n) is 3.28. The molecule has 0 aliphatic carbocycles. The van der Waals surface area contributed by atoms with Crippen molar-refractivity contribution in [1.82, 2.24) is 14.4 Å². The molecule has 158 valence electrons. The van der Waals surface area contributed by atoms with Crippen LogP contribution < -0.4 is 11.1 Å². The molecule has 0 bridgehead atoms. The van der Waals surface area contributed by atoms with E-state index in [0.29, 0.717) is 5.69 Å². The SMILES string of the molecule is [2H]C([2H])([2H])c1nc(-c2ccc(NC(=O)[C@H](O)c3cccc(F)c3)c(F)c2)c2c(N)ncc(C)n12. The number of benzene rings is 2. The fourth-order valence-corrected chi connectivity index (χ4v) is 3.28. The average Bonchev–Trinajstić information content (AvgIpc) is 3.20. The predicted molar refractivity (Wildman–Crippen MR) is 112 cm³/mol. The van der Waals surface area contributed by atoms with Gasteiger partial charge in [0.15, 0.2) is 6.10 Å². The van der Waals surface area contributed by atoms with E-state index in [0.717, 1.165) is 18.2 Å². The standard InChI is InChI=1S/C22H19F2N5O2/c1-11-10-26-21(25)19-18(27-12(2)29(11)19)13-6-7-17(16(24)9-13)28-22(31)20(30)14-4-3-5-15(23)8-14/h3-10,20,30H,1-2H3,(H2,25,26)(H,28,31)/t20-/m1/s1/i2D3. The topological polar surface area (TPSA) is 106 Å². The Morgan fingerprint density at radius 2 is 2.10 bits per heavy atom. The van der Waals surface area contributed by atoms with Crippen LogP contribution in [0, 0.1) is 25.4 Å². The molecule has 2 aromatic heterocycles. The van der Waals surface area contributed by atoms with Crippen LogP contribution in [0.4, 0.5) is 20.3 Å². The highest BCUT2D eigenvalue weighted by Crippen LogP contribution is 2.31. The summed E-state index contributed by atoms with van der Waals surface area (Å²) in [7, 11) is 0. The Kier molecular flexibility index (Phi) is 4.23. The number of aryl methyl sites for hydroxylation is 2. The molecule has 4 rings (SSSR count). The third kappa shape index (κ3) is 3.71. The summed E-state index contributed by atoms with van der Waals surface area (Å²) in [6.45, 7) is -0.928. The van der Waals surface area contributed by atoms with Gasteiger partial charge < -0.3 is 16.2 Å². The third-order valence-electron chi connectivity index (χ3n) is 4.78. The van der Waals surface area contributed by atoms with E-state index in [1.807, 2.05) is 0 Å². The molecule has 0 aliphatic heterocycles. The summed E-state index contributed by atoms with van der Waals surface area (Å²) in [6.07, 6.45) is -0.311. The van der Waals surface area contributed by atoms with Crippen molar-refractivity contribution in [3.05, 3.63) is 77.4 Å². The van der Waals surface area contributed by atoms with Crippen molar-refractivity contribution in [2.75, 3.05) is 11.1 Å². The minimum Gasteiger partial charge on any atom is -0.382 e. The number of imidazole rings is 1. The van der Waals surface area contributed by atoms with Crippen LogP contribution in [0.5, 0.6) is 0 Å². The number of hydrogen-bond donors (Lipinski definition) is 3. The van der Waals surface area contributed by atoms with Gasteiger partial charge in [-0.05, 0) is 43.6 Å². The molecule has 1 amide bonds. The van der Waals surface area contributed by atoms with Gasteiger partial charge in [0.1, 0.15) is 34.5 Å². The summed E-state index contributed by atoms with van der Waals surface area (Å²) in [6, 6.07) is 8.56. The monoisotopic (exact) mass is 426 g/mol.